The Hall–Kier alpha value is -1.23. The second-order valence-corrected chi connectivity index (χ2v) is 6.13. The van der Waals surface area contributed by atoms with E-state index in [1.165, 1.54) is 6.21 Å². The number of nitrogens with zero attached hydrogens (tertiary/aromatic N) is 2. The van der Waals surface area contributed by atoms with Gasteiger partial charge in [-0.2, -0.15) is 4.40 Å². The molecule has 5 heteroatoms. The van der Waals surface area contributed by atoms with Crippen molar-refractivity contribution in [1.29, 1.82) is 0 Å². The first-order valence-corrected chi connectivity index (χ1v) is 6.01. The fraction of sp³-hybridized carbons (Fsp3) is 0.455. The number of ether oxygens (including phenoxy) is 1. The zero-order valence-electron chi connectivity index (χ0n) is 9.93. The summed E-state index contributed by atoms with van der Waals surface area (Å²) in [4.78, 5) is 4.02. The average Bonchev–Trinajstić information content (AvgIpc) is 2.24. The lowest BCUT2D eigenvalue weighted by molar-refractivity contribution is 0.397. The highest BCUT2D eigenvalue weighted by Crippen LogP contribution is 2.14. The van der Waals surface area contributed by atoms with Gasteiger partial charge in [-0.15, -0.1) is 0 Å². The first kappa shape index (κ1) is 12.8. The first-order chi connectivity index (χ1) is 7.45. The number of aromatic nitrogens is 1. The SMILES string of the molecule is COc1ncccc1/C=N/[S@](=O)C(C)(C)C. The van der Waals surface area contributed by atoms with Crippen LogP contribution in [-0.2, 0) is 11.0 Å². The summed E-state index contributed by atoms with van der Waals surface area (Å²) in [5, 5.41) is 0. The molecule has 0 saturated heterocycles. The maximum Gasteiger partial charge on any atom is 0.222 e. The Balaban J connectivity index is 2.88. The van der Waals surface area contributed by atoms with E-state index in [-0.39, 0.29) is 4.75 Å². The van der Waals surface area contributed by atoms with Crippen molar-refractivity contribution in [3.05, 3.63) is 23.9 Å². The molecule has 0 bridgehead atoms. The van der Waals surface area contributed by atoms with E-state index in [1.54, 1.807) is 19.4 Å². The molecule has 0 aliphatic heterocycles. The molecule has 0 aliphatic carbocycles. The third kappa shape index (κ3) is 3.41. The summed E-state index contributed by atoms with van der Waals surface area (Å²) in [7, 11) is 0.280. The van der Waals surface area contributed by atoms with Crippen molar-refractivity contribution in [2.24, 2.45) is 4.40 Å². The molecule has 1 aromatic rings. The van der Waals surface area contributed by atoms with Gasteiger partial charge in [0, 0.05) is 6.20 Å². The van der Waals surface area contributed by atoms with Gasteiger partial charge in [-0.1, -0.05) is 0 Å². The molecule has 0 fully saturated rings. The van der Waals surface area contributed by atoms with Crippen LogP contribution in [0.4, 0.5) is 0 Å². The van der Waals surface area contributed by atoms with E-state index in [2.05, 4.69) is 9.38 Å². The highest BCUT2D eigenvalue weighted by molar-refractivity contribution is 7.85. The zero-order chi connectivity index (χ0) is 12.2. The smallest absolute Gasteiger partial charge is 0.222 e. The number of pyridine rings is 1. The zero-order valence-corrected chi connectivity index (χ0v) is 10.7. The van der Waals surface area contributed by atoms with Gasteiger partial charge in [-0.25, -0.2) is 9.19 Å². The maximum absolute atomic E-state index is 11.7. The van der Waals surface area contributed by atoms with Crippen LogP contribution in [-0.4, -0.2) is 27.3 Å². The van der Waals surface area contributed by atoms with Crippen LogP contribution in [0, 0.1) is 0 Å². The Morgan fingerprint density at radius 2 is 2.19 bits per heavy atom. The molecule has 0 saturated carbocycles. The molecular formula is C11H16N2O2S. The van der Waals surface area contributed by atoms with Gasteiger partial charge in [-0.3, -0.25) is 0 Å². The molecule has 1 atom stereocenters. The van der Waals surface area contributed by atoms with Crippen molar-refractivity contribution in [1.82, 2.24) is 4.98 Å². The molecule has 0 aliphatic rings. The first-order valence-electron chi connectivity index (χ1n) is 4.90. The number of hydrogen-bond donors (Lipinski definition) is 0. The van der Waals surface area contributed by atoms with E-state index in [4.69, 9.17) is 4.74 Å². The molecule has 0 N–H and O–H groups in total. The molecule has 0 amide bonds. The minimum absolute atomic E-state index is 0.355. The molecule has 88 valence electrons. The third-order valence-corrected chi connectivity index (χ3v) is 3.15. The van der Waals surface area contributed by atoms with Gasteiger partial charge in [0.2, 0.25) is 5.88 Å². The lowest BCUT2D eigenvalue weighted by atomic mass is 10.3. The molecule has 1 rings (SSSR count). The Kier molecular flexibility index (Phi) is 4.18. The Bertz CT molecular complexity index is 411. The van der Waals surface area contributed by atoms with Crippen LogP contribution in [0.3, 0.4) is 0 Å². The van der Waals surface area contributed by atoms with Gasteiger partial charge in [0.15, 0.2) is 0 Å². The van der Waals surface area contributed by atoms with E-state index in [1.807, 2.05) is 26.8 Å². The summed E-state index contributed by atoms with van der Waals surface area (Å²) in [6.45, 7) is 5.63. The maximum atomic E-state index is 11.7. The number of methoxy groups -OCH3 is 1. The third-order valence-electron chi connectivity index (χ3n) is 1.81. The van der Waals surface area contributed by atoms with Crippen molar-refractivity contribution < 1.29 is 8.95 Å². The van der Waals surface area contributed by atoms with Crippen molar-refractivity contribution in [2.45, 2.75) is 25.5 Å². The predicted molar refractivity (Wildman–Crippen MR) is 66.3 cm³/mol. The van der Waals surface area contributed by atoms with E-state index < -0.39 is 11.0 Å². The number of hydrogen-bond acceptors (Lipinski definition) is 3. The molecular weight excluding hydrogens is 224 g/mol. The Morgan fingerprint density at radius 3 is 2.75 bits per heavy atom. The van der Waals surface area contributed by atoms with E-state index in [9.17, 15) is 4.21 Å². The van der Waals surface area contributed by atoms with E-state index in [0.29, 0.717) is 5.88 Å². The normalized spacial score (nSPS) is 14.0. The molecule has 0 radical (unpaired) electrons. The van der Waals surface area contributed by atoms with E-state index >= 15 is 0 Å². The summed E-state index contributed by atoms with van der Waals surface area (Å²) < 4.78 is 20.4. The van der Waals surface area contributed by atoms with Crippen LogP contribution in [0.2, 0.25) is 0 Å². The summed E-state index contributed by atoms with van der Waals surface area (Å²) in [5.74, 6) is 0.483. The topological polar surface area (TPSA) is 51.6 Å². The van der Waals surface area contributed by atoms with E-state index in [0.717, 1.165) is 5.56 Å². The molecule has 16 heavy (non-hydrogen) atoms. The van der Waals surface area contributed by atoms with Gasteiger partial charge in [0.05, 0.1) is 23.6 Å². The lowest BCUT2D eigenvalue weighted by Gasteiger charge is -2.12. The highest BCUT2D eigenvalue weighted by atomic mass is 32.2. The van der Waals surface area contributed by atoms with Gasteiger partial charge in [0.25, 0.3) is 0 Å². The summed E-state index contributed by atoms with van der Waals surface area (Å²) in [6, 6.07) is 3.60. The second kappa shape index (κ2) is 5.21. The molecule has 0 spiro atoms. The molecule has 4 nitrogen and oxygen atoms in total. The Morgan fingerprint density at radius 1 is 1.50 bits per heavy atom. The van der Waals surface area contributed by atoms with Crippen LogP contribution >= 0.6 is 0 Å². The summed E-state index contributed by atoms with van der Waals surface area (Å²) >= 11 is 0. The average molecular weight is 240 g/mol. The van der Waals surface area contributed by atoms with Gasteiger partial charge < -0.3 is 4.74 Å². The largest absolute Gasteiger partial charge is 0.481 e. The lowest BCUT2D eigenvalue weighted by Crippen LogP contribution is -2.19. The summed E-state index contributed by atoms with van der Waals surface area (Å²) in [5.41, 5.74) is 0.725. The van der Waals surface area contributed by atoms with Crippen LogP contribution in [0.25, 0.3) is 0 Å². The minimum atomic E-state index is -1.26. The molecule has 1 heterocycles. The summed E-state index contributed by atoms with van der Waals surface area (Å²) in [6.07, 6.45) is 3.17. The quantitative estimate of drug-likeness (QED) is 0.759. The number of rotatable bonds is 3. The van der Waals surface area contributed by atoms with Crippen molar-refractivity contribution in [3.8, 4) is 5.88 Å². The molecule has 0 unspecified atom stereocenters. The van der Waals surface area contributed by atoms with Crippen LogP contribution in [0.5, 0.6) is 5.88 Å². The monoisotopic (exact) mass is 240 g/mol. The second-order valence-electron chi connectivity index (χ2n) is 4.20. The minimum Gasteiger partial charge on any atom is -0.481 e. The Labute approximate surface area is 98.4 Å². The van der Waals surface area contributed by atoms with Crippen LogP contribution in [0.15, 0.2) is 22.7 Å². The van der Waals surface area contributed by atoms with Gasteiger partial charge >= 0.3 is 0 Å². The van der Waals surface area contributed by atoms with Crippen LogP contribution < -0.4 is 4.74 Å². The molecule has 1 aromatic heterocycles. The highest BCUT2D eigenvalue weighted by Gasteiger charge is 2.18. The van der Waals surface area contributed by atoms with Crippen LogP contribution in [0.1, 0.15) is 26.3 Å². The van der Waals surface area contributed by atoms with Crippen molar-refractivity contribution in [3.63, 3.8) is 0 Å². The van der Waals surface area contributed by atoms with Crippen molar-refractivity contribution >= 4 is 17.2 Å². The standard InChI is InChI=1S/C11H16N2O2S/c1-11(2,3)16(14)13-8-9-6-5-7-12-10(9)15-4/h5-8H,1-4H3/b13-8+/t16-/m1/s1. The fourth-order valence-corrected chi connectivity index (χ4v) is 1.46. The van der Waals surface area contributed by atoms with Gasteiger partial charge in [0.1, 0.15) is 11.0 Å². The predicted octanol–water partition coefficient (Wildman–Crippen LogP) is 1.97. The van der Waals surface area contributed by atoms with Gasteiger partial charge in [-0.05, 0) is 32.9 Å². The molecule has 0 aromatic carbocycles. The fourth-order valence-electron chi connectivity index (χ4n) is 0.935. The van der Waals surface area contributed by atoms with Crippen molar-refractivity contribution in [2.75, 3.05) is 7.11 Å².